The van der Waals surface area contributed by atoms with E-state index in [1.165, 1.54) is 31.3 Å². The summed E-state index contributed by atoms with van der Waals surface area (Å²) < 4.78 is 11.3. The summed E-state index contributed by atoms with van der Waals surface area (Å²) in [6.45, 7) is 6.19. The highest BCUT2D eigenvalue weighted by Crippen LogP contribution is 2.16. The Hall–Kier alpha value is 0.140. The van der Waals surface area contributed by atoms with Crippen LogP contribution in [0.1, 0.15) is 52.4 Å². The van der Waals surface area contributed by atoms with Crippen molar-refractivity contribution < 1.29 is 9.47 Å². The zero-order valence-electron chi connectivity index (χ0n) is 11.8. The van der Waals surface area contributed by atoms with Gasteiger partial charge in [0.05, 0.1) is 0 Å². The van der Waals surface area contributed by atoms with Crippen molar-refractivity contribution in [2.24, 2.45) is 5.92 Å². The standard InChI is InChI=1S/C15H27BrO2/c1-13(6-5-7-14(2)12-16)9-11-18-15-8-3-4-10-17-15/h7,13,15H,3-6,8-12H2,1-2H3. The molecule has 0 spiro atoms. The number of hydrogen-bond donors (Lipinski definition) is 0. The van der Waals surface area contributed by atoms with E-state index in [1.807, 2.05) is 0 Å². The van der Waals surface area contributed by atoms with Crippen molar-refractivity contribution in [3.63, 3.8) is 0 Å². The summed E-state index contributed by atoms with van der Waals surface area (Å²) in [5, 5.41) is 0.990. The van der Waals surface area contributed by atoms with Crippen LogP contribution in [0.2, 0.25) is 0 Å². The van der Waals surface area contributed by atoms with Crippen LogP contribution in [0.15, 0.2) is 11.6 Å². The predicted octanol–water partition coefficient (Wildman–Crippen LogP) is 4.68. The van der Waals surface area contributed by atoms with Crippen LogP contribution >= 0.6 is 15.9 Å². The van der Waals surface area contributed by atoms with E-state index >= 15 is 0 Å². The zero-order chi connectivity index (χ0) is 13.2. The van der Waals surface area contributed by atoms with E-state index in [9.17, 15) is 0 Å². The maximum Gasteiger partial charge on any atom is 0.157 e. The quantitative estimate of drug-likeness (QED) is 0.478. The Kier molecular flexibility index (Phi) is 8.99. The van der Waals surface area contributed by atoms with Crippen LogP contribution in [-0.4, -0.2) is 24.8 Å². The molecule has 106 valence electrons. The fourth-order valence-electron chi connectivity index (χ4n) is 2.06. The third kappa shape index (κ3) is 7.55. The van der Waals surface area contributed by atoms with Gasteiger partial charge in [0.25, 0.3) is 0 Å². The molecule has 0 amide bonds. The molecule has 0 saturated carbocycles. The van der Waals surface area contributed by atoms with Crippen LogP contribution < -0.4 is 0 Å². The maximum absolute atomic E-state index is 5.76. The molecule has 1 saturated heterocycles. The number of halogens is 1. The third-order valence-electron chi connectivity index (χ3n) is 3.42. The van der Waals surface area contributed by atoms with E-state index in [2.05, 4.69) is 35.9 Å². The third-order valence-corrected chi connectivity index (χ3v) is 4.30. The lowest BCUT2D eigenvalue weighted by Crippen LogP contribution is -2.23. The molecule has 1 aliphatic heterocycles. The van der Waals surface area contributed by atoms with Gasteiger partial charge in [0.1, 0.15) is 0 Å². The number of allylic oxidation sites excluding steroid dienone is 2. The van der Waals surface area contributed by atoms with Crippen molar-refractivity contribution in [1.82, 2.24) is 0 Å². The summed E-state index contributed by atoms with van der Waals surface area (Å²) in [6, 6.07) is 0. The lowest BCUT2D eigenvalue weighted by atomic mass is 10.0. The fraction of sp³-hybridized carbons (Fsp3) is 0.867. The molecule has 2 unspecified atom stereocenters. The van der Waals surface area contributed by atoms with Gasteiger partial charge in [-0.05, 0) is 51.4 Å². The summed E-state index contributed by atoms with van der Waals surface area (Å²) in [6.07, 6.45) is 9.48. The molecule has 0 radical (unpaired) electrons. The SMILES string of the molecule is CC(=CCCC(C)CCOC1CCCCO1)CBr. The van der Waals surface area contributed by atoms with Gasteiger partial charge in [-0.2, -0.15) is 0 Å². The Balaban J connectivity index is 2.00. The van der Waals surface area contributed by atoms with E-state index < -0.39 is 0 Å². The van der Waals surface area contributed by atoms with Crippen molar-refractivity contribution >= 4 is 15.9 Å². The van der Waals surface area contributed by atoms with Crippen LogP contribution in [0.25, 0.3) is 0 Å². The molecule has 1 fully saturated rings. The smallest absolute Gasteiger partial charge is 0.157 e. The highest BCUT2D eigenvalue weighted by Gasteiger charge is 2.14. The first-order chi connectivity index (χ1) is 8.72. The van der Waals surface area contributed by atoms with Gasteiger partial charge in [0.15, 0.2) is 6.29 Å². The normalized spacial score (nSPS) is 23.1. The zero-order valence-corrected chi connectivity index (χ0v) is 13.4. The van der Waals surface area contributed by atoms with Crippen LogP contribution in [0.4, 0.5) is 0 Å². The van der Waals surface area contributed by atoms with Gasteiger partial charge >= 0.3 is 0 Å². The van der Waals surface area contributed by atoms with E-state index in [1.54, 1.807) is 0 Å². The minimum absolute atomic E-state index is 0.0708. The summed E-state index contributed by atoms with van der Waals surface area (Å²) >= 11 is 3.47. The van der Waals surface area contributed by atoms with Gasteiger partial charge < -0.3 is 9.47 Å². The van der Waals surface area contributed by atoms with Crippen LogP contribution in [0.3, 0.4) is 0 Å². The molecule has 0 aromatic carbocycles. The Morgan fingerprint density at radius 2 is 2.28 bits per heavy atom. The van der Waals surface area contributed by atoms with Gasteiger partial charge in [0.2, 0.25) is 0 Å². The van der Waals surface area contributed by atoms with Gasteiger partial charge in [-0.15, -0.1) is 0 Å². The first kappa shape index (κ1) is 16.2. The first-order valence-electron chi connectivity index (χ1n) is 7.17. The predicted molar refractivity (Wildman–Crippen MR) is 80.1 cm³/mol. The average molecular weight is 319 g/mol. The Morgan fingerprint density at radius 1 is 1.44 bits per heavy atom. The van der Waals surface area contributed by atoms with Gasteiger partial charge in [-0.25, -0.2) is 0 Å². The van der Waals surface area contributed by atoms with Crippen molar-refractivity contribution in [3.05, 3.63) is 11.6 Å². The second-order valence-corrected chi connectivity index (χ2v) is 5.88. The first-order valence-corrected chi connectivity index (χ1v) is 8.29. The molecule has 2 atom stereocenters. The molecule has 0 aliphatic carbocycles. The molecular formula is C15H27BrO2. The summed E-state index contributed by atoms with van der Waals surface area (Å²) in [5.74, 6) is 0.730. The number of hydrogen-bond acceptors (Lipinski definition) is 2. The largest absolute Gasteiger partial charge is 0.353 e. The van der Waals surface area contributed by atoms with Crippen molar-refractivity contribution in [1.29, 1.82) is 0 Å². The summed E-state index contributed by atoms with van der Waals surface area (Å²) in [7, 11) is 0. The van der Waals surface area contributed by atoms with Crippen molar-refractivity contribution in [2.45, 2.75) is 58.7 Å². The Labute approximate surface area is 120 Å². The molecule has 2 nitrogen and oxygen atoms in total. The minimum atomic E-state index is 0.0708. The van der Waals surface area contributed by atoms with E-state index in [-0.39, 0.29) is 6.29 Å². The van der Waals surface area contributed by atoms with Crippen molar-refractivity contribution in [3.8, 4) is 0 Å². The Morgan fingerprint density at radius 3 is 2.94 bits per heavy atom. The average Bonchev–Trinajstić information content (AvgIpc) is 2.39. The van der Waals surface area contributed by atoms with Crippen LogP contribution in [0, 0.1) is 5.92 Å². The lowest BCUT2D eigenvalue weighted by Gasteiger charge is -2.23. The molecule has 3 heteroatoms. The van der Waals surface area contributed by atoms with Crippen LogP contribution in [0.5, 0.6) is 0 Å². The minimum Gasteiger partial charge on any atom is -0.353 e. The maximum atomic E-state index is 5.76. The number of alkyl halides is 1. The van der Waals surface area contributed by atoms with E-state index in [4.69, 9.17) is 9.47 Å². The fourth-order valence-corrected chi connectivity index (χ4v) is 2.29. The molecule has 0 bridgehead atoms. The van der Waals surface area contributed by atoms with Gasteiger partial charge in [-0.1, -0.05) is 34.5 Å². The molecule has 1 rings (SSSR count). The molecule has 18 heavy (non-hydrogen) atoms. The monoisotopic (exact) mass is 318 g/mol. The molecule has 0 N–H and O–H groups in total. The van der Waals surface area contributed by atoms with E-state index in [0.29, 0.717) is 0 Å². The van der Waals surface area contributed by atoms with Crippen LogP contribution in [-0.2, 0) is 9.47 Å². The van der Waals surface area contributed by atoms with E-state index in [0.717, 1.165) is 37.3 Å². The second kappa shape index (κ2) is 9.99. The van der Waals surface area contributed by atoms with Crippen molar-refractivity contribution in [2.75, 3.05) is 18.5 Å². The molecule has 0 aromatic rings. The summed E-state index contributed by atoms with van der Waals surface area (Å²) in [5.41, 5.74) is 1.43. The molecular weight excluding hydrogens is 292 g/mol. The molecule has 0 aromatic heterocycles. The topological polar surface area (TPSA) is 18.5 Å². The highest BCUT2D eigenvalue weighted by atomic mass is 79.9. The number of ether oxygens (including phenoxy) is 2. The Bertz CT molecular complexity index is 235. The van der Waals surface area contributed by atoms with Gasteiger partial charge in [-0.3, -0.25) is 0 Å². The highest BCUT2D eigenvalue weighted by molar-refractivity contribution is 9.09. The lowest BCUT2D eigenvalue weighted by molar-refractivity contribution is -0.163. The molecule has 1 aliphatic rings. The van der Waals surface area contributed by atoms with Gasteiger partial charge in [0, 0.05) is 18.5 Å². The molecule has 1 heterocycles. The summed E-state index contributed by atoms with van der Waals surface area (Å²) in [4.78, 5) is 0. The second-order valence-electron chi connectivity index (χ2n) is 5.32. The number of rotatable bonds is 8.